The van der Waals surface area contributed by atoms with Crippen molar-refractivity contribution in [3.05, 3.63) is 56.7 Å². The van der Waals surface area contributed by atoms with Crippen LogP contribution in [0.25, 0.3) is 0 Å². The van der Waals surface area contributed by atoms with E-state index in [2.05, 4.69) is 21.2 Å². The molecule has 100 valence electrons. The summed E-state index contributed by atoms with van der Waals surface area (Å²) in [6.07, 6.45) is 1.52. The molecule has 0 spiro atoms. The molecule has 1 aromatic carbocycles. The van der Waals surface area contributed by atoms with Crippen LogP contribution in [0.15, 0.2) is 39.4 Å². The summed E-state index contributed by atoms with van der Waals surface area (Å²) in [7, 11) is 0. The van der Waals surface area contributed by atoms with Gasteiger partial charge < -0.3 is 9.73 Å². The van der Waals surface area contributed by atoms with Crippen molar-refractivity contribution in [3.63, 3.8) is 0 Å². The molecule has 0 bridgehead atoms. The van der Waals surface area contributed by atoms with Gasteiger partial charge in [0.2, 0.25) is 0 Å². The first-order chi connectivity index (χ1) is 8.99. The van der Waals surface area contributed by atoms with Crippen LogP contribution in [0.1, 0.15) is 18.7 Å². The smallest absolute Gasteiger partial charge is 0.295 e. The third-order valence-electron chi connectivity index (χ3n) is 2.58. The van der Waals surface area contributed by atoms with Gasteiger partial charge in [0, 0.05) is 0 Å². The van der Waals surface area contributed by atoms with E-state index in [9.17, 15) is 14.5 Å². The zero-order chi connectivity index (χ0) is 14.0. The van der Waals surface area contributed by atoms with Crippen LogP contribution >= 0.6 is 15.9 Å². The van der Waals surface area contributed by atoms with Crippen molar-refractivity contribution < 1.29 is 13.7 Å². The fourth-order valence-electron chi connectivity index (χ4n) is 1.65. The first-order valence-electron chi connectivity index (χ1n) is 5.42. The largest absolute Gasteiger partial charge is 0.467 e. The highest BCUT2D eigenvalue weighted by Crippen LogP contribution is 2.33. The Morgan fingerprint density at radius 3 is 2.84 bits per heavy atom. The fourth-order valence-corrected chi connectivity index (χ4v) is 1.99. The Morgan fingerprint density at radius 1 is 1.53 bits per heavy atom. The normalized spacial score (nSPS) is 12.2. The van der Waals surface area contributed by atoms with Gasteiger partial charge in [0.1, 0.15) is 17.3 Å². The highest BCUT2D eigenvalue weighted by atomic mass is 79.9. The molecule has 0 amide bonds. The second-order valence-electron chi connectivity index (χ2n) is 3.92. The lowest BCUT2D eigenvalue weighted by Crippen LogP contribution is -2.08. The van der Waals surface area contributed by atoms with Crippen LogP contribution in [-0.2, 0) is 0 Å². The number of furan rings is 1. The summed E-state index contributed by atoms with van der Waals surface area (Å²) in [4.78, 5) is 10.3. The number of rotatable bonds is 4. The topological polar surface area (TPSA) is 68.3 Å². The molecule has 0 saturated carbocycles. The highest BCUT2D eigenvalue weighted by molar-refractivity contribution is 9.10. The number of nitrogens with zero attached hydrogens (tertiary/aromatic N) is 1. The Bertz CT molecular complexity index is 601. The van der Waals surface area contributed by atoms with Crippen molar-refractivity contribution in [1.82, 2.24) is 0 Å². The molecule has 1 N–H and O–H groups in total. The van der Waals surface area contributed by atoms with Crippen molar-refractivity contribution in [2.24, 2.45) is 0 Å². The summed E-state index contributed by atoms with van der Waals surface area (Å²) in [6, 6.07) is 5.42. The number of hydrogen-bond donors (Lipinski definition) is 1. The summed E-state index contributed by atoms with van der Waals surface area (Å²) < 4.78 is 18.7. The molecule has 2 aromatic rings. The van der Waals surface area contributed by atoms with Crippen LogP contribution in [0, 0.1) is 15.9 Å². The Morgan fingerprint density at radius 2 is 2.26 bits per heavy atom. The van der Waals surface area contributed by atoms with Crippen LogP contribution in [0.2, 0.25) is 0 Å². The summed E-state index contributed by atoms with van der Waals surface area (Å²) in [5.74, 6) is -0.0438. The quantitative estimate of drug-likeness (QED) is 0.672. The molecular weight excluding hydrogens is 319 g/mol. The molecule has 2 rings (SSSR count). The molecule has 5 nitrogen and oxygen atoms in total. The molecule has 0 fully saturated rings. The third kappa shape index (κ3) is 2.93. The molecule has 0 radical (unpaired) electrons. The average molecular weight is 329 g/mol. The zero-order valence-electron chi connectivity index (χ0n) is 9.89. The average Bonchev–Trinajstić information content (AvgIpc) is 2.86. The standard InChI is InChI=1S/C12H10BrFN2O3/c1-7(12-3-2-4-19-12)15-10-5-8(13)9(14)6-11(10)16(17)18/h2-7,15H,1H3. The summed E-state index contributed by atoms with van der Waals surface area (Å²) in [5.41, 5.74) is -0.0960. The zero-order valence-corrected chi connectivity index (χ0v) is 11.5. The molecule has 7 heteroatoms. The van der Waals surface area contributed by atoms with Crippen molar-refractivity contribution >= 4 is 27.3 Å². The lowest BCUT2D eigenvalue weighted by Gasteiger charge is -2.13. The second kappa shape index (κ2) is 5.40. The minimum absolute atomic E-state index is 0.159. The number of nitrogens with one attached hydrogen (secondary N) is 1. The van der Waals surface area contributed by atoms with Gasteiger partial charge in [0.15, 0.2) is 0 Å². The van der Waals surface area contributed by atoms with Gasteiger partial charge >= 0.3 is 0 Å². The van der Waals surface area contributed by atoms with Gasteiger partial charge in [-0.05, 0) is 41.1 Å². The summed E-state index contributed by atoms with van der Waals surface area (Å²) in [6.45, 7) is 1.79. The first kappa shape index (κ1) is 13.5. The van der Waals surface area contributed by atoms with Crippen LogP contribution in [0.3, 0.4) is 0 Å². The molecule has 0 aliphatic carbocycles. The predicted octanol–water partition coefficient (Wildman–Crippen LogP) is 4.26. The third-order valence-corrected chi connectivity index (χ3v) is 3.18. The molecule has 1 aromatic heterocycles. The molecule has 0 saturated heterocycles. The van der Waals surface area contributed by atoms with Crippen LogP contribution in [0.5, 0.6) is 0 Å². The number of hydrogen-bond acceptors (Lipinski definition) is 4. The van der Waals surface area contributed by atoms with Crippen LogP contribution < -0.4 is 5.32 Å². The SMILES string of the molecule is CC(Nc1cc(Br)c(F)cc1[N+](=O)[O-])c1ccco1. The Labute approximate surface area is 116 Å². The van der Waals surface area contributed by atoms with Crippen molar-refractivity contribution in [2.45, 2.75) is 13.0 Å². The van der Waals surface area contributed by atoms with Gasteiger partial charge in [-0.2, -0.15) is 0 Å². The second-order valence-corrected chi connectivity index (χ2v) is 4.78. The van der Waals surface area contributed by atoms with E-state index in [-0.39, 0.29) is 21.9 Å². The summed E-state index contributed by atoms with van der Waals surface area (Å²) >= 11 is 3.01. The maximum atomic E-state index is 13.3. The van der Waals surface area contributed by atoms with Gasteiger partial charge in [-0.3, -0.25) is 10.1 Å². The Balaban J connectivity index is 2.33. The number of nitro benzene ring substituents is 1. The molecular formula is C12H10BrFN2O3. The van der Waals surface area contributed by atoms with Gasteiger partial charge in [-0.15, -0.1) is 0 Å². The van der Waals surface area contributed by atoms with E-state index >= 15 is 0 Å². The lowest BCUT2D eigenvalue weighted by atomic mass is 10.2. The fraction of sp³-hybridized carbons (Fsp3) is 0.167. The molecule has 1 unspecified atom stereocenters. The van der Waals surface area contributed by atoms with Crippen molar-refractivity contribution in [2.75, 3.05) is 5.32 Å². The van der Waals surface area contributed by atoms with Gasteiger partial charge in [-0.25, -0.2) is 4.39 Å². The number of anilines is 1. The maximum Gasteiger partial charge on any atom is 0.295 e. The predicted molar refractivity (Wildman–Crippen MR) is 71.5 cm³/mol. The van der Waals surface area contributed by atoms with Crippen LogP contribution in [0.4, 0.5) is 15.8 Å². The van der Waals surface area contributed by atoms with E-state index in [1.165, 1.54) is 12.3 Å². The van der Waals surface area contributed by atoms with Gasteiger partial charge in [0.05, 0.1) is 27.8 Å². The number of benzene rings is 1. The molecule has 1 heterocycles. The molecule has 0 aliphatic rings. The van der Waals surface area contributed by atoms with E-state index in [1.54, 1.807) is 19.1 Å². The molecule has 1 atom stereocenters. The number of halogens is 2. The summed E-state index contributed by atoms with van der Waals surface area (Å²) in [5, 5.41) is 13.8. The van der Waals surface area contributed by atoms with Crippen LogP contribution in [-0.4, -0.2) is 4.92 Å². The highest BCUT2D eigenvalue weighted by Gasteiger charge is 2.20. The minimum Gasteiger partial charge on any atom is -0.467 e. The Kier molecular flexibility index (Phi) is 3.84. The van der Waals surface area contributed by atoms with Crippen molar-refractivity contribution in [1.29, 1.82) is 0 Å². The Hall–Kier alpha value is -1.89. The minimum atomic E-state index is -0.678. The van der Waals surface area contributed by atoms with Gasteiger partial charge in [-0.1, -0.05) is 0 Å². The van der Waals surface area contributed by atoms with E-state index in [1.807, 2.05) is 0 Å². The lowest BCUT2D eigenvalue weighted by molar-refractivity contribution is -0.384. The molecule has 0 aliphatic heterocycles. The van der Waals surface area contributed by atoms with E-state index < -0.39 is 10.7 Å². The van der Waals surface area contributed by atoms with E-state index in [0.29, 0.717) is 5.76 Å². The monoisotopic (exact) mass is 328 g/mol. The van der Waals surface area contributed by atoms with E-state index in [4.69, 9.17) is 4.42 Å². The van der Waals surface area contributed by atoms with E-state index in [0.717, 1.165) is 6.07 Å². The maximum absolute atomic E-state index is 13.3. The van der Waals surface area contributed by atoms with Crippen molar-refractivity contribution in [3.8, 4) is 0 Å². The molecule has 19 heavy (non-hydrogen) atoms. The first-order valence-corrected chi connectivity index (χ1v) is 6.21. The van der Waals surface area contributed by atoms with Gasteiger partial charge in [0.25, 0.3) is 5.69 Å². The number of nitro groups is 1.